The van der Waals surface area contributed by atoms with Gasteiger partial charge in [0.25, 0.3) is 0 Å². The van der Waals surface area contributed by atoms with Crippen molar-refractivity contribution in [2.24, 2.45) is 5.73 Å². The Morgan fingerprint density at radius 3 is 2.75 bits per heavy atom. The number of carboxylic acids is 1. The summed E-state index contributed by atoms with van der Waals surface area (Å²) in [5, 5.41) is 26.8. The first-order chi connectivity index (χ1) is 7.52. The summed E-state index contributed by atoms with van der Waals surface area (Å²) >= 11 is 0. The summed E-state index contributed by atoms with van der Waals surface area (Å²) in [5.41, 5.74) is 5.91. The summed E-state index contributed by atoms with van der Waals surface area (Å²) < 4.78 is 1.60. The Kier molecular flexibility index (Phi) is 4.21. The third-order valence-electron chi connectivity index (χ3n) is 2.16. The van der Waals surface area contributed by atoms with Gasteiger partial charge in [0.1, 0.15) is 6.04 Å². The molecule has 0 saturated heterocycles. The molecule has 1 atom stereocenters. The lowest BCUT2D eigenvalue weighted by Gasteiger charge is -2.04. The first kappa shape index (κ1) is 12.4. The van der Waals surface area contributed by atoms with E-state index in [2.05, 4.69) is 0 Å². The highest BCUT2D eigenvalue weighted by molar-refractivity contribution is 5.72. The maximum absolute atomic E-state index is 10.5. The van der Waals surface area contributed by atoms with Gasteiger partial charge in [-0.25, -0.2) is 4.57 Å². The van der Waals surface area contributed by atoms with Gasteiger partial charge >= 0.3 is 5.97 Å². The zero-order valence-corrected chi connectivity index (χ0v) is 8.71. The highest BCUT2D eigenvalue weighted by Gasteiger charge is 2.14. The van der Waals surface area contributed by atoms with E-state index in [1.54, 1.807) is 10.8 Å². The van der Waals surface area contributed by atoms with Gasteiger partial charge in [0, 0.05) is 12.0 Å². The quantitative estimate of drug-likeness (QED) is 0.481. The number of hydrogen-bond acceptors (Lipinski definition) is 4. The Balaban J connectivity index is 2.66. The van der Waals surface area contributed by atoms with Gasteiger partial charge in [0.05, 0.1) is 6.61 Å². The van der Waals surface area contributed by atoms with E-state index in [9.17, 15) is 9.90 Å². The first-order valence-corrected chi connectivity index (χ1v) is 4.84. The molecule has 0 radical (unpaired) electrons. The van der Waals surface area contributed by atoms with Crippen molar-refractivity contribution in [1.29, 1.82) is 0 Å². The van der Waals surface area contributed by atoms with Crippen LogP contribution < -0.4 is 10.3 Å². The molecule has 0 aromatic carbocycles. The van der Waals surface area contributed by atoms with E-state index in [1.165, 1.54) is 12.3 Å². The van der Waals surface area contributed by atoms with Crippen LogP contribution in [0.1, 0.15) is 12.0 Å². The molecular formula is C10H15N2O4+. The maximum Gasteiger partial charge on any atom is 0.320 e. The topological polar surface area (TPSA) is 108 Å². The predicted octanol–water partition coefficient (Wildman–Crippen LogP) is -1.03. The SMILES string of the molecule is NC(CC[n+]1cc(O)cc(CO)c1)C(=O)O. The number of aliphatic carboxylic acids is 1. The fourth-order valence-corrected chi connectivity index (χ4v) is 1.31. The second-order valence-electron chi connectivity index (χ2n) is 3.53. The van der Waals surface area contributed by atoms with Crippen LogP contribution in [-0.2, 0) is 17.9 Å². The molecule has 0 aliphatic heterocycles. The van der Waals surface area contributed by atoms with Crippen LogP contribution in [0, 0.1) is 0 Å². The third-order valence-corrected chi connectivity index (χ3v) is 2.16. The van der Waals surface area contributed by atoms with Crippen molar-refractivity contribution < 1.29 is 24.7 Å². The van der Waals surface area contributed by atoms with Crippen molar-refractivity contribution in [3.05, 3.63) is 24.0 Å². The molecule has 88 valence electrons. The van der Waals surface area contributed by atoms with Gasteiger partial charge in [-0.1, -0.05) is 0 Å². The van der Waals surface area contributed by atoms with E-state index in [1.807, 2.05) is 0 Å². The summed E-state index contributed by atoms with van der Waals surface area (Å²) in [5.74, 6) is -1.03. The number of aryl methyl sites for hydroxylation is 1. The van der Waals surface area contributed by atoms with Crippen molar-refractivity contribution in [3.8, 4) is 5.75 Å². The number of aromatic nitrogens is 1. The average molecular weight is 227 g/mol. The summed E-state index contributed by atoms with van der Waals surface area (Å²) in [6.07, 6.45) is 3.34. The number of rotatable bonds is 5. The average Bonchev–Trinajstić information content (AvgIpc) is 2.24. The number of carboxylic acid groups (broad SMARTS) is 1. The summed E-state index contributed by atoms with van der Waals surface area (Å²) in [6, 6.07) is 0.514. The van der Waals surface area contributed by atoms with Crippen molar-refractivity contribution in [2.45, 2.75) is 25.6 Å². The molecule has 1 rings (SSSR count). The molecule has 1 unspecified atom stereocenters. The molecule has 16 heavy (non-hydrogen) atoms. The molecule has 0 aliphatic rings. The summed E-state index contributed by atoms with van der Waals surface area (Å²) in [4.78, 5) is 10.5. The molecule has 0 saturated carbocycles. The molecule has 1 aromatic heterocycles. The van der Waals surface area contributed by atoms with Gasteiger partial charge in [0.2, 0.25) is 6.20 Å². The number of aromatic hydroxyl groups is 1. The molecule has 6 nitrogen and oxygen atoms in total. The van der Waals surface area contributed by atoms with E-state index in [0.29, 0.717) is 12.1 Å². The fraction of sp³-hybridized carbons (Fsp3) is 0.400. The Labute approximate surface area is 92.6 Å². The molecule has 0 aliphatic carbocycles. The summed E-state index contributed by atoms with van der Waals surface area (Å²) in [6.45, 7) is 0.189. The van der Waals surface area contributed by atoms with Gasteiger partial charge in [-0.15, -0.1) is 0 Å². The fourth-order valence-electron chi connectivity index (χ4n) is 1.31. The monoisotopic (exact) mass is 227 g/mol. The Morgan fingerprint density at radius 2 is 2.19 bits per heavy atom. The lowest BCUT2D eigenvalue weighted by Crippen LogP contribution is -2.39. The Hall–Kier alpha value is -1.66. The van der Waals surface area contributed by atoms with Crippen LogP contribution in [0.25, 0.3) is 0 Å². The second kappa shape index (κ2) is 5.43. The number of pyridine rings is 1. The highest BCUT2D eigenvalue weighted by atomic mass is 16.4. The molecule has 0 fully saturated rings. The van der Waals surface area contributed by atoms with Gasteiger partial charge in [-0.3, -0.25) is 4.79 Å². The van der Waals surface area contributed by atoms with Crippen LogP contribution in [0.3, 0.4) is 0 Å². The van der Waals surface area contributed by atoms with E-state index in [0.717, 1.165) is 0 Å². The number of aliphatic hydroxyl groups is 1. The first-order valence-electron chi connectivity index (χ1n) is 4.84. The minimum atomic E-state index is -1.05. The van der Waals surface area contributed by atoms with E-state index in [-0.39, 0.29) is 18.8 Å². The zero-order chi connectivity index (χ0) is 12.1. The predicted molar refractivity (Wildman–Crippen MR) is 54.5 cm³/mol. The van der Waals surface area contributed by atoms with E-state index >= 15 is 0 Å². The Morgan fingerprint density at radius 1 is 1.50 bits per heavy atom. The number of carbonyl (C=O) groups is 1. The van der Waals surface area contributed by atoms with Gasteiger partial charge in [-0.2, -0.15) is 0 Å². The van der Waals surface area contributed by atoms with Crippen molar-refractivity contribution in [1.82, 2.24) is 0 Å². The molecule has 1 aromatic rings. The zero-order valence-electron chi connectivity index (χ0n) is 8.71. The van der Waals surface area contributed by atoms with Crippen LogP contribution in [0.15, 0.2) is 18.5 Å². The molecular weight excluding hydrogens is 212 g/mol. The number of nitrogens with two attached hydrogens (primary N) is 1. The van der Waals surface area contributed by atoms with Crippen molar-refractivity contribution in [2.75, 3.05) is 0 Å². The van der Waals surface area contributed by atoms with Crippen LogP contribution in [0.5, 0.6) is 5.75 Å². The van der Waals surface area contributed by atoms with Gasteiger partial charge in [0.15, 0.2) is 18.5 Å². The molecule has 0 spiro atoms. The number of nitrogens with zero attached hydrogens (tertiary/aromatic N) is 1. The number of aliphatic hydroxyl groups excluding tert-OH is 1. The highest BCUT2D eigenvalue weighted by Crippen LogP contribution is 2.07. The van der Waals surface area contributed by atoms with Crippen LogP contribution in [-0.4, -0.2) is 27.3 Å². The van der Waals surface area contributed by atoms with Crippen molar-refractivity contribution >= 4 is 5.97 Å². The normalized spacial score (nSPS) is 12.4. The lowest BCUT2D eigenvalue weighted by atomic mass is 10.2. The summed E-state index contributed by atoms with van der Waals surface area (Å²) in [7, 11) is 0. The van der Waals surface area contributed by atoms with E-state index in [4.69, 9.17) is 15.9 Å². The molecule has 6 heteroatoms. The van der Waals surface area contributed by atoms with Crippen LogP contribution in [0.4, 0.5) is 0 Å². The molecule has 0 amide bonds. The molecule has 5 N–H and O–H groups in total. The largest absolute Gasteiger partial charge is 0.503 e. The van der Waals surface area contributed by atoms with Gasteiger partial charge < -0.3 is 21.1 Å². The molecule has 1 heterocycles. The lowest BCUT2D eigenvalue weighted by molar-refractivity contribution is -0.698. The maximum atomic E-state index is 10.5. The standard InChI is InChI=1S/C10H14N2O4/c11-9(10(15)16)1-2-12-4-7(6-13)3-8(14)5-12/h3-5,9,13H,1-2,6,11H2,(H-,14,15,16)/p+1. The third kappa shape index (κ3) is 3.48. The smallest absolute Gasteiger partial charge is 0.320 e. The van der Waals surface area contributed by atoms with Crippen LogP contribution in [0.2, 0.25) is 0 Å². The Bertz CT molecular complexity index is 381. The minimum Gasteiger partial charge on any atom is -0.503 e. The minimum absolute atomic E-state index is 0.0236. The van der Waals surface area contributed by atoms with E-state index < -0.39 is 12.0 Å². The van der Waals surface area contributed by atoms with Gasteiger partial charge in [-0.05, 0) is 6.07 Å². The second-order valence-corrected chi connectivity index (χ2v) is 3.53. The molecule has 0 bridgehead atoms. The van der Waals surface area contributed by atoms with Crippen molar-refractivity contribution in [3.63, 3.8) is 0 Å². The number of hydrogen-bond donors (Lipinski definition) is 4. The van der Waals surface area contributed by atoms with Crippen LogP contribution >= 0.6 is 0 Å².